The van der Waals surface area contributed by atoms with Gasteiger partial charge in [0, 0.05) is 24.0 Å². The van der Waals surface area contributed by atoms with Gasteiger partial charge in [0.05, 0.1) is 6.10 Å². The van der Waals surface area contributed by atoms with E-state index in [-0.39, 0.29) is 12.0 Å². The second-order valence-corrected chi connectivity index (χ2v) is 6.12. The number of nitrogens with zero attached hydrogens (tertiary/aromatic N) is 1. The van der Waals surface area contributed by atoms with E-state index in [0.29, 0.717) is 0 Å². The summed E-state index contributed by atoms with van der Waals surface area (Å²) in [5, 5.41) is 10.8. The Balaban J connectivity index is 1.78. The number of aromatic amines is 1. The molecule has 1 aromatic heterocycles. The number of hydrogen-bond acceptors (Lipinski definition) is 2. The summed E-state index contributed by atoms with van der Waals surface area (Å²) in [6, 6.07) is 8.13. The number of fused-ring (bicyclic) bond motifs is 3. The number of benzene rings is 1. The van der Waals surface area contributed by atoms with Crippen LogP contribution in [-0.4, -0.2) is 40.1 Å². The first-order chi connectivity index (χ1) is 10.7. The van der Waals surface area contributed by atoms with E-state index in [1.54, 1.807) is 0 Å². The predicted molar refractivity (Wildman–Crippen MR) is 88.1 cm³/mol. The molecule has 0 bridgehead atoms. The summed E-state index contributed by atoms with van der Waals surface area (Å²) in [4.78, 5) is 18.0. The van der Waals surface area contributed by atoms with Crippen molar-refractivity contribution in [3.8, 4) is 0 Å². The summed E-state index contributed by atoms with van der Waals surface area (Å²) in [5.41, 5.74) is 2.97. The summed E-state index contributed by atoms with van der Waals surface area (Å²) in [6.45, 7) is 3.51. The van der Waals surface area contributed by atoms with Gasteiger partial charge in [-0.15, -0.1) is 0 Å². The van der Waals surface area contributed by atoms with Gasteiger partial charge in [-0.3, -0.25) is 4.79 Å². The molecule has 1 atom stereocenters. The fourth-order valence-corrected chi connectivity index (χ4v) is 3.28. The molecule has 0 fully saturated rings. The van der Waals surface area contributed by atoms with Crippen LogP contribution < -0.4 is 0 Å². The zero-order chi connectivity index (χ0) is 15.5. The van der Waals surface area contributed by atoms with Crippen LogP contribution in [0.25, 0.3) is 10.9 Å². The normalized spacial score (nSPS) is 16.6. The lowest BCUT2D eigenvalue weighted by atomic mass is 10.1. The third-order valence-corrected chi connectivity index (χ3v) is 4.61. The quantitative estimate of drug-likeness (QED) is 0.891. The summed E-state index contributed by atoms with van der Waals surface area (Å²) in [7, 11) is 0. The maximum Gasteiger partial charge on any atom is 0.270 e. The number of nitrogens with one attached hydrogen (secondary N) is 1. The van der Waals surface area contributed by atoms with E-state index in [9.17, 15) is 9.90 Å². The molecule has 22 heavy (non-hydrogen) atoms. The molecular formula is C18H24N2O2. The maximum absolute atomic E-state index is 12.8. The molecule has 118 valence electrons. The molecule has 0 radical (unpaired) electrons. The number of rotatable bonds is 5. The molecule has 2 N–H and O–H groups in total. The van der Waals surface area contributed by atoms with Crippen molar-refractivity contribution < 1.29 is 9.90 Å². The third kappa shape index (κ3) is 2.88. The van der Waals surface area contributed by atoms with Crippen LogP contribution in [0.1, 0.15) is 48.7 Å². The lowest BCUT2D eigenvalue weighted by Gasteiger charge is -2.21. The minimum Gasteiger partial charge on any atom is -0.393 e. The van der Waals surface area contributed by atoms with Gasteiger partial charge < -0.3 is 15.0 Å². The first-order valence-corrected chi connectivity index (χ1v) is 8.27. The average Bonchev–Trinajstić information content (AvgIpc) is 2.84. The van der Waals surface area contributed by atoms with Crippen molar-refractivity contribution in [2.75, 3.05) is 13.1 Å². The number of carbonyl (C=O) groups excluding carboxylic acids is 1. The molecule has 1 amide bonds. The smallest absolute Gasteiger partial charge is 0.270 e. The highest BCUT2D eigenvalue weighted by molar-refractivity contribution is 6.01. The Morgan fingerprint density at radius 3 is 3.00 bits per heavy atom. The number of H-pyrrole nitrogens is 1. The van der Waals surface area contributed by atoms with Crippen LogP contribution in [-0.2, 0) is 6.42 Å². The van der Waals surface area contributed by atoms with Crippen LogP contribution in [0.5, 0.6) is 0 Å². The Morgan fingerprint density at radius 1 is 1.36 bits per heavy atom. The average molecular weight is 300 g/mol. The van der Waals surface area contributed by atoms with Crippen LogP contribution in [0.4, 0.5) is 0 Å². The first-order valence-electron chi connectivity index (χ1n) is 8.27. The lowest BCUT2D eigenvalue weighted by Crippen LogP contribution is -2.32. The molecule has 4 heteroatoms. The highest BCUT2D eigenvalue weighted by Gasteiger charge is 2.25. The Kier molecular flexibility index (Phi) is 4.48. The van der Waals surface area contributed by atoms with Crippen LogP contribution in [0.15, 0.2) is 24.3 Å². The van der Waals surface area contributed by atoms with Gasteiger partial charge in [0.15, 0.2) is 0 Å². The van der Waals surface area contributed by atoms with E-state index in [4.69, 9.17) is 0 Å². The fourth-order valence-electron chi connectivity index (χ4n) is 3.28. The molecule has 0 spiro atoms. The van der Waals surface area contributed by atoms with Gasteiger partial charge in [0.25, 0.3) is 5.91 Å². The van der Waals surface area contributed by atoms with Crippen molar-refractivity contribution >= 4 is 16.8 Å². The highest BCUT2D eigenvalue weighted by atomic mass is 16.3. The number of para-hydroxylation sites is 1. The molecule has 0 aliphatic carbocycles. The van der Waals surface area contributed by atoms with Gasteiger partial charge in [-0.1, -0.05) is 25.1 Å². The van der Waals surface area contributed by atoms with E-state index in [1.165, 1.54) is 5.39 Å². The molecular weight excluding hydrogens is 276 g/mol. The molecule has 1 aromatic carbocycles. The Bertz CT molecular complexity index is 662. The Hall–Kier alpha value is -1.81. The van der Waals surface area contributed by atoms with Crippen LogP contribution in [0.2, 0.25) is 0 Å². The van der Waals surface area contributed by atoms with Gasteiger partial charge in [-0.2, -0.15) is 0 Å². The third-order valence-electron chi connectivity index (χ3n) is 4.61. The number of carbonyl (C=O) groups is 1. The molecule has 2 aromatic rings. The first kappa shape index (κ1) is 15.1. The number of aliphatic hydroxyl groups excluding tert-OH is 1. The van der Waals surface area contributed by atoms with E-state index in [1.807, 2.05) is 30.0 Å². The van der Waals surface area contributed by atoms with E-state index >= 15 is 0 Å². The molecule has 4 nitrogen and oxygen atoms in total. The van der Waals surface area contributed by atoms with Crippen molar-refractivity contribution in [2.24, 2.45) is 0 Å². The van der Waals surface area contributed by atoms with Crippen LogP contribution in [0, 0.1) is 0 Å². The zero-order valence-corrected chi connectivity index (χ0v) is 13.1. The van der Waals surface area contributed by atoms with Crippen molar-refractivity contribution in [1.82, 2.24) is 9.88 Å². The minimum absolute atomic E-state index is 0.106. The summed E-state index contributed by atoms with van der Waals surface area (Å²) in [5.74, 6) is 0.106. The van der Waals surface area contributed by atoms with Crippen molar-refractivity contribution in [3.63, 3.8) is 0 Å². The Labute approximate surface area is 131 Å². The standard InChI is InChI=1S/C18H24N2O2/c1-2-13(21)7-5-11-20-12-6-9-15-14-8-3-4-10-16(14)19-17(15)18(20)22/h3-4,8,10,13,19,21H,2,5-7,9,11-12H2,1H3. The number of aromatic nitrogens is 1. The molecule has 1 unspecified atom stereocenters. The van der Waals surface area contributed by atoms with Crippen molar-refractivity contribution in [1.29, 1.82) is 0 Å². The van der Waals surface area contributed by atoms with Crippen LogP contribution in [0.3, 0.4) is 0 Å². The zero-order valence-electron chi connectivity index (χ0n) is 13.1. The molecule has 0 saturated carbocycles. The summed E-state index contributed by atoms with van der Waals surface area (Å²) in [6.07, 6.45) is 4.09. The van der Waals surface area contributed by atoms with Gasteiger partial charge in [0.2, 0.25) is 0 Å². The largest absolute Gasteiger partial charge is 0.393 e. The number of amides is 1. The van der Waals surface area contributed by atoms with Crippen molar-refractivity contribution in [2.45, 2.75) is 45.1 Å². The number of hydrogen-bond donors (Lipinski definition) is 2. The second-order valence-electron chi connectivity index (χ2n) is 6.12. The van der Waals surface area contributed by atoms with Gasteiger partial charge >= 0.3 is 0 Å². The monoisotopic (exact) mass is 300 g/mol. The van der Waals surface area contributed by atoms with Gasteiger partial charge in [0.1, 0.15) is 5.69 Å². The van der Waals surface area contributed by atoms with Crippen LogP contribution >= 0.6 is 0 Å². The summed E-state index contributed by atoms with van der Waals surface area (Å²) < 4.78 is 0. The summed E-state index contributed by atoms with van der Waals surface area (Å²) >= 11 is 0. The number of aliphatic hydroxyl groups is 1. The fraction of sp³-hybridized carbons (Fsp3) is 0.500. The minimum atomic E-state index is -0.245. The molecule has 0 saturated heterocycles. The predicted octanol–water partition coefficient (Wildman–Crippen LogP) is 3.11. The molecule has 3 rings (SSSR count). The van der Waals surface area contributed by atoms with Gasteiger partial charge in [-0.25, -0.2) is 0 Å². The van der Waals surface area contributed by atoms with E-state index in [0.717, 1.165) is 62.0 Å². The highest BCUT2D eigenvalue weighted by Crippen LogP contribution is 2.27. The SMILES string of the molecule is CCC(O)CCCN1CCCc2c([nH]c3ccccc23)C1=O. The topological polar surface area (TPSA) is 56.3 Å². The van der Waals surface area contributed by atoms with Gasteiger partial charge in [-0.05, 0) is 43.7 Å². The Morgan fingerprint density at radius 2 is 2.18 bits per heavy atom. The van der Waals surface area contributed by atoms with E-state index in [2.05, 4.69) is 11.1 Å². The van der Waals surface area contributed by atoms with Crippen molar-refractivity contribution in [3.05, 3.63) is 35.5 Å². The molecule has 1 aliphatic heterocycles. The molecule has 2 heterocycles. The molecule has 1 aliphatic rings. The van der Waals surface area contributed by atoms with E-state index < -0.39 is 0 Å². The lowest BCUT2D eigenvalue weighted by molar-refractivity contribution is 0.0740. The maximum atomic E-state index is 12.8. The number of aryl methyl sites for hydroxylation is 1. The second kappa shape index (κ2) is 6.53.